The van der Waals surface area contributed by atoms with E-state index in [1.165, 1.54) is 61.9 Å². The van der Waals surface area contributed by atoms with Crippen LogP contribution in [0.3, 0.4) is 0 Å². The van der Waals surface area contributed by atoms with Gasteiger partial charge in [0.25, 0.3) is 0 Å². The van der Waals surface area contributed by atoms with Crippen molar-refractivity contribution >= 4 is 128 Å². The van der Waals surface area contributed by atoms with Crippen molar-refractivity contribution < 1.29 is 0 Å². The molecule has 13 rings (SSSR count). The van der Waals surface area contributed by atoms with E-state index >= 15 is 0 Å². The lowest BCUT2D eigenvalue weighted by Gasteiger charge is -2.15. The molecule has 0 atom stereocenters. The zero-order valence-corrected chi connectivity index (χ0v) is 32.2. The summed E-state index contributed by atoms with van der Waals surface area (Å²) < 4.78 is 9.33. The number of aromatic nitrogens is 2. The zero-order valence-electron chi connectivity index (χ0n) is 30.6. The van der Waals surface area contributed by atoms with E-state index in [2.05, 4.69) is 155 Å². The van der Waals surface area contributed by atoms with Crippen LogP contribution >= 0.6 is 22.7 Å². The molecule has 0 saturated carbocycles. The van der Waals surface area contributed by atoms with Crippen LogP contribution in [0.15, 0.2) is 158 Å². The van der Waals surface area contributed by atoms with Gasteiger partial charge in [-0.05, 0) is 82.2 Å². The number of para-hydroxylation sites is 2. The summed E-state index contributed by atoms with van der Waals surface area (Å²) in [5.41, 5.74) is 6.37. The van der Waals surface area contributed by atoms with E-state index in [1.807, 2.05) is 46.9 Å². The highest BCUT2D eigenvalue weighted by Gasteiger charge is 2.23. The number of nitriles is 2. The minimum absolute atomic E-state index is 0.497. The molecule has 6 heteroatoms. The molecule has 0 radical (unpaired) electrons. The fourth-order valence-electron chi connectivity index (χ4n) is 9.66. The van der Waals surface area contributed by atoms with Crippen molar-refractivity contribution in [3.8, 4) is 23.5 Å². The van der Waals surface area contributed by atoms with Gasteiger partial charge in [-0.3, -0.25) is 0 Å². The summed E-state index contributed by atoms with van der Waals surface area (Å²) in [5, 5.41) is 36.3. The summed E-state index contributed by atoms with van der Waals surface area (Å²) in [5.74, 6) is 0. The number of thiophene rings is 2. The molecule has 0 N–H and O–H groups in total. The number of hydrogen-bond donors (Lipinski definition) is 0. The number of hydrogen-bond acceptors (Lipinski definition) is 4. The predicted octanol–water partition coefficient (Wildman–Crippen LogP) is 14.7. The lowest BCUT2D eigenvalue weighted by Crippen LogP contribution is -2.04. The second-order valence-corrected chi connectivity index (χ2v) is 17.2. The number of nitrogens with zero attached hydrogens (tertiary/aromatic N) is 4. The molecular weight excluding hydrogens is 745 g/mol. The van der Waals surface area contributed by atoms with Crippen molar-refractivity contribution in [2.75, 3.05) is 0 Å². The van der Waals surface area contributed by atoms with Gasteiger partial charge in [0, 0.05) is 61.9 Å². The molecule has 0 aliphatic carbocycles. The Balaban J connectivity index is 1.11. The number of rotatable bonds is 2. The van der Waals surface area contributed by atoms with E-state index in [0.717, 1.165) is 43.6 Å². The minimum Gasteiger partial charge on any atom is -0.308 e. The van der Waals surface area contributed by atoms with Crippen LogP contribution < -0.4 is 0 Å². The van der Waals surface area contributed by atoms with E-state index in [1.54, 1.807) is 0 Å². The van der Waals surface area contributed by atoms with Crippen LogP contribution in [0.5, 0.6) is 0 Å². The maximum absolute atomic E-state index is 11.1. The number of benzene rings is 9. The summed E-state index contributed by atoms with van der Waals surface area (Å²) in [4.78, 5) is 0. The lowest BCUT2D eigenvalue weighted by atomic mass is 10.0. The summed E-state index contributed by atoms with van der Waals surface area (Å²) in [6.45, 7) is 0. The zero-order chi connectivity index (χ0) is 38.2. The third-order valence-electron chi connectivity index (χ3n) is 12.1. The first-order chi connectivity index (χ1) is 28.7. The van der Waals surface area contributed by atoms with E-state index < -0.39 is 0 Å². The quantitative estimate of drug-likeness (QED) is 0.176. The molecule has 0 spiro atoms. The fraction of sp³-hybridized carbons (Fsp3) is 0. The molecule has 0 saturated heterocycles. The van der Waals surface area contributed by atoms with Gasteiger partial charge in [-0.1, -0.05) is 97.1 Å². The van der Waals surface area contributed by atoms with Gasteiger partial charge in [0.1, 0.15) is 12.1 Å². The molecular formula is C52H26N4S2. The molecule has 266 valence electrons. The average molecular weight is 771 g/mol. The molecule has 0 aliphatic rings. The maximum Gasteiger partial charge on any atom is 0.101 e. The molecule has 58 heavy (non-hydrogen) atoms. The van der Waals surface area contributed by atoms with Gasteiger partial charge < -0.3 is 9.13 Å². The highest BCUT2D eigenvalue weighted by atomic mass is 32.1. The first kappa shape index (κ1) is 31.7. The molecule has 0 unspecified atom stereocenters. The van der Waals surface area contributed by atoms with Crippen LogP contribution in [0, 0.1) is 22.7 Å². The summed E-state index contributed by atoms with van der Waals surface area (Å²) in [6.07, 6.45) is 0. The van der Waals surface area contributed by atoms with Crippen molar-refractivity contribution in [1.29, 1.82) is 10.5 Å². The van der Waals surface area contributed by atoms with Crippen LogP contribution in [0.4, 0.5) is 0 Å². The lowest BCUT2D eigenvalue weighted by molar-refractivity contribution is 1.12. The van der Waals surface area contributed by atoms with Crippen molar-refractivity contribution in [2.24, 2.45) is 0 Å². The Hall–Kier alpha value is -7.48. The molecule has 0 fully saturated rings. The molecule has 4 heterocycles. The normalized spacial score (nSPS) is 12.1. The van der Waals surface area contributed by atoms with Crippen LogP contribution in [0.1, 0.15) is 11.1 Å². The van der Waals surface area contributed by atoms with Gasteiger partial charge in [-0.2, -0.15) is 10.5 Å². The van der Waals surface area contributed by atoms with E-state index in [0.29, 0.717) is 22.5 Å². The first-order valence-corrected chi connectivity index (χ1v) is 20.8. The summed E-state index contributed by atoms with van der Waals surface area (Å²) in [7, 11) is 0. The standard InChI is InChI=1S/C52H26N4S2/c53-27-31-22-44(56-42-16-8-6-14-36(42)38-26-50-40(24-46(38)56)52-34-12-4-2-10-30(34)18-20-48(52)58-50)32(28-54)21-43(31)55-41-15-7-5-13-35(41)37-25-49-39(23-45(37)55)51-33-11-3-1-9-29(33)17-19-47(51)57-49/h1-26H. The largest absolute Gasteiger partial charge is 0.308 e. The van der Waals surface area contributed by atoms with Gasteiger partial charge in [-0.15, -0.1) is 22.7 Å². The molecule has 4 nitrogen and oxygen atoms in total. The average Bonchev–Trinajstić information content (AvgIpc) is 4.01. The molecule has 4 aromatic heterocycles. The predicted molar refractivity (Wildman–Crippen MR) is 245 cm³/mol. The topological polar surface area (TPSA) is 57.4 Å². The Morgan fingerprint density at radius 2 is 0.759 bits per heavy atom. The minimum atomic E-state index is 0.497. The second-order valence-electron chi connectivity index (χ2n) is 15.1. The molecule has 0 amide bonds. The van der Waals surface area contributed by atoms with Crippen LogP contribution in [-0.4, -0.2) is 9.13 Å². The first-order valence-electron chi connectivity index (χ1n) is 19.2. The SMILES string of the molecule is N#Cc1cc(-n2c3ccccc3c3cc4sc5ccc6ccccc6c5c4cc32)c(C#N)cc1-n1c2ccccc2c2cc3sc4ccc5ccccc5c4c3cc21. The molecule has 13 aromatic rings. The maximum atomic E-state index is 11.1. The second kappa shape index (κ2) is 11.5. The van der Waals surface area contributed by atoms with Gasteiger partial charge in [0.15, 0.2) is 0 Å². The Kier molecular flexibility index (Phi) is 6.30. The van der Waals surface area contributed by atoms with Crippen LogP contribution in [0.2, 0.25) is 0 Å². The van der Waals surface area contributed by atoms with E-state index in [9.17, 15) is 10.5 Å². The monoisotopic (exact) mass is 770 g/mol. The highest BCUT2D eigenvalue weighted by Crippen LogP contribution is 2.46. The highest BCUT2D eigenvalue weighted by molar-refractivity contribution is 7.26. The summed E-state index contributed by atoms with van der Waals surface area (Å²) in [6, 6.07) is 61.0. The van der Waals surface area contributed by atoms with Crippen molar-refractivity contribution in [3.05, 3.63) is 169 Å². The van der Waals surface area contributed by atoms with E-state index in [4.69, 9.17) is 0 Å². The molecule has 0 bridgehead atoms. The fourth-order valence-corrected chi connectivity index (χ4v) is 11.9. The van der Waals surface area contributed by atoms with Crippen molar-refractivity contribution in [1.82, 2.24) is 9.13 Å². The Morgan fingerprint density at radius 1 is 0.345 bits per heavy atom. The van der Waals surface area contributed by atoms with Gasteiger partial charge in [0.2, 0.25) is 0 Å². The van der Waals surface area contributed by atoms with Gasteiger partial charge in [0.05, 0.1) is 44.6 Å². The van der Waals surface area contributed by atoms with Crippen LogP contribution in [0.25, 0.3) is 117 Å². The number of fused-ring (bicyclic) bond motifs is 16. The van der Waals surface area contributed by atoms with Crippen molar-refractivity contribution in [3.63, 3.8) is 0 Å². The molecule has 9 aromatic carbocycles. The summed E-state index contributed by atoms with van der Waals surface area (Å²) >= 11 is 3.63. The Bertz CT molecular complexity index is 3800. The molecule has 0 aliphatic heterocycles. The Labute approximate surface area is 338 Å². The van der Waals surface area contributed by atoms with Gasteiger partial charge >= 0.3 is 0 Å². The van der Waals surface area contributed by atoms with Gasteiger partial charge in [-0.25, -0.2) is 0 Å². The van der Waals surface area contributed by atoms with Crippen LogP contribution in [-0.2, 0) is 0 Å². The Morgan fingerprint density at radius 3 is 1.21 bits per heavy atom. The third kappa shape index (κ3) is 4.15. The van der Waals surface area contributed by atoms with E-state index in [-0.39, 0.29) is 0 Å². The third-order valence-corrected chi connectivity index (χ3v) is 14.4. The smallest absolute Gasteiger partial charge is 0.101 e. The van der Waals surface area contributed by atoms with Crippen molar-refractivity contribution in [2.45, 2.75) is 0 Å².